The third-order valence-electron chi connectivity index (χ3n) is 4.25. The summed E-state index contributed by atoms with van der Waals surface area (Å²) in [6.07, 6.45) is 3.79. The van der Waals surface area contributed by atoms with Crippen molar-refractivity contribution < 1.29 is 40.6 Å². The van der Waals surface area contributed by atoms with Crippen molar-refractivity contribution in [2.45, 2.75) is 13.0 Å². The van der Waals surface area contributed by atoms with Gasteiger partial charge in [-0.2, -0.15) is 6.92 Å². The summed E-state index contributed by atoms with van der Waals surface area (Å²) in [5.41, 5.74) is 14.9. The normalized spacial score (nSPS) is 18.3. The maximum atomic E-state index is 11.8. The Balaban J connectivity index is 0.000000906. The molecule has 1 aromatic carbocycles. The average Bonchev–Trinajstić information content (AvgIpc) is 3.23. The van der Waals surface area contributed by atoms with Crippen LogP contribution in [-0.4, -0.2) is 41.8 Å². The largest absolute Gasteiger partial charge is 2.00 e. The Bertz CT molecular complexity index is 882. The molecule has 144 valence electrons. The van der Waals surface area contributed by atoms with Gasteiger partial charge in [-0.3, -0.25) is 4.99 Å². The molecule has 2 aliphatic heterocycles. The number of hydrogen-bond acceptors (Lipinski definition) is 8. The van der Waals surface area contributed by atoms with Gasteiger partial charge in [0.15, 0.2) is 5.01 Å². The number of ether oxygens (including phenoxy) is 1. The molecule has 0 bridgehead atoms. The smallest absolute Gasteiger partial charge is 0.418 e. The summed E-state index contributed by atoms with van der Waals surface area (Å²) in [5, 5.41) is 2.69. The van der Waals surface area contributed by atoms with E-state index >= 15 is 0 Å². The number of aliphatic imine (C=N–C) groups is 1. The Hall–Kier alpha value is -1.66. The van der Waals surface area contributed by atoms with Crippen LogP contribution in [0.3, 0.4) is 0 Å². The van der Waals surface area contributed by atoms with E-state index in [9.17, 15) is 4.79 Å². The molecular weight excluding hydrogens is 600 g/mol. The van der Waals surface area contributed by atoms with Crippen LogP contribution >= 0.6 is 11.3 Å². The van der Waals surface area contributed by atoms with Gasteiger partial charge < -0.3 is 32.8 Å². The van der Waals surface area contributed by atoms with Crippen LogP contribution in [0.5, 0.6) is 0 Å². The number of nitrogen functional groups attached to an aromatic ring is 2. The van der Waals surface area contributed by atoms with Crippen molar-refractivity contribution in [3.63, 3.8) is 0 Å². The van der Waals surface area contributed by atoms with Gasteiger partial charge in [-0.25, -0.2) is 4.98 Å². The van der Waals surface area contributed by atoms with Gasteiger partial charge >= 0.3 is 31.1 Å². The number of anilines is 2. The van der Waals surface area contributed by atoms with Gasteiger partial charge in [-0.15, -0.1) is 16.9 Å². The number of rotatable bonds is 3. The van der Waals surface area contributed by atoms with Crippen molar-refractivity contribution in [2.75, 3.05) is 31.2 Å². The summed E-state index contributed by atoms with van der Waals surface area (Å²) < 4.78 is 5.57. The predicted molar refractivity (Wildman–Crippen MR) is 108 cm³/mol. The van der Waals surface area contributed by atoms with Gasteiger partial charge in [-0.05, 0) is 18.4 Å². The number of fused-ring (bicyclic) bond motifs is 1. The topological polar surface area (TPSA) is 107 Å². The van der Waals surface area contributed by atoms with E-state index in [0.717, 1.165) is 22.1 Å². The van der Waals surface area contributed by atoms with Crippen LogP contribution in [-0.2, 0) is 9.53 Å². The maximum Gasteiger partial charge on any atom is 2.00 e. The number of thiazole rings is 1. The molecule has 0 spiro atoms. The van der Waals surface area contributed by atoms with E-state index in [1.165, 1.54) is 11.3 Å². The Morgan fingerprint density at radius 3 is 2.79 bits per heavy atom. The molecule has 4 N–H and O–H groups in total. The van der Waals surface area contributed by atoms with Gasteiger partial charge in [-0.1, -0.05) is 11.8 Å². The second-order valence-corrected chi connectivity index (χ2v) is 6.64. The third kappa shape index (κ3) is 4.33. The minimum absolute atomic E-state index is 0. The number of aromatic nitrogens is 1. The van der Waals surface area contributed by atoms with Crippen LogP contribution in [0.25, 0.3) is 0 Å². The SMILES string of the molecule is Nc1ccc(C2N=C(c3nccs3)N3CCOCC3=C2[C-]=O)c(N)c1.[CH2-]C.[U+2]. The van der Waals surface area contributed by atoms with Crippen LogP contribution in [0.4, 0.5) is 11.4 Å². The van der Waals surface area contributed by atoms with Crippen molar-refractivity contribution >= 4 is 34.8 Å². The number of hydrogen-bond donors (Lipinski definition) is 2. The summed E-state index contributed by atoms with van der Waals surface area (Å²) in [4.78, 5) is 22.9. The molecule has 0 amide bonds. The standard InChI is InChI=1S/C17H16N5O2S.C2H5.U/c18-10-1-2-11(13(19)7-10)15-12(8-23)14-9-24-5-4-22(14)16(21-15)17-20-3-6-25-17;1-2;/h1-3,6-7,15H,4-5,9,18-19H2;1H2,2H3;/q2*-1;+2. The maximum absolute atomic E-state index is 11.8. The Morgan fingerprint density at radius 2 is 2.14 bits per heavy atom. The first-order valence-corrected chi connectivity index (χ1v) is 9.36. The summed E-state index contributed by atoms with van der Waals surface area (Å²) in [7, 11) is 0. The van der Waals surface area contributed by atoms with E-state index in [-0.39, 0.29) is 31.1 Å². The van der Waals surface area contributed by atoms with Gasteiger partial charge in [0, 0.05) is 41.7 Å². The van der Waals surface area contributed by atoms with Crippen molar-refractivity contribution in [1.29, 1.82) is 0 Å². The average molecular weight is 622 g/mol. The summed E-state index contributed by atoms with van der Waals surface area (Å²) >= 11 is 1.50. The molecule has 2 aromatic rings. The molecule has 1 atom stereocenters. The fraction of sp³-hybridized carbons (Fsp3) is 0.263. The van der Waals surface area contributed by atoms with Crippen LogP contribution in [0.1, 0.15) is 23.5 Å². The van der Waals surface area contributed by atoms with E-state index in [1.807, 2.05) is 10.3 Å². The number of amidine groups is 1. The number of morpholine rings is 1. The first kappa shape index (κ1) is 22.6. The Kier molecular flexibility index (Phi) is 8.25. The van der Waals surface area contributed by atoms with E-state index in [4.69, 9.17) is 21.2 Å². The van der Waals surface area contributed by atoms with Crippen molar-refractivity contribution in [3.05, 3.63) is 58.5 Å². The number of carbonyl (C=O) groups excluding carboxylic acids is 1. The second-order valence-electron chi connectivity index (χ2n) is 5.75. The number of nitrogens with zero attached hydrogens (tertiary/aromatic N) is 3. The Labute approximate surface area is 192 Å². The molecule has 0 saturated carbocycles. The van der Waals surface area contributed by atoms with Crippen molar-refractivity contribution in [1.82, 2.24) is 9.88 Å². The van der Waals surface area contributed by atoms with Gasteiger partial charge in [0.1, 0.15) is 5.84 Å². The molecule has 0 aliphatic carbocycles. The number of nitrogens with two attached hydrogens (primary N) is 2. The van der Waals surface area contributed by atoms with E-state index in [2.05, 4.69) is 18.2 Å². The molecule has 1 aromatic heterocycles. The molecule has 1 saturated heterocycles. The molecule has 4 rings (SSSR count). The summed E-state index contributed by atoms with van der Waals surface area (Å²) in [6, 6.07) is 4.67. The third-order valence-corrected chi connectivity index (χ3v) is 5.02. The molecule has 1 fully saturated rings. The fourth-order valence-corrected chi connectivity index (χ4v) is 3.74. The monoisotopic (exact) mass is 621 g/mol. The first-order valence-electron chi connectivity index (χ1n) is 8.49. The van der Waals surface area contributed by atoms with Crippen LogP contribution in [0, 0.1) is 38.0 Å². The first-order chi connectivity index (χ1) is 13.2. The predicted octanol–water partition coefficient (Wildman–Crippen LogP) is 2.35. The molecule has 28 heavy (non-hydrogen) atoms. The van der Waals surface area contributed by atoms with Crippen LogP contribution < -0.4 is 11.5 Å². The van der Waals surface area contributed by atoms with Crippen molar-refractivity contribution in [3.8, 4) is 0 Å². The van der Waals surface area contributed by atoms with Crippen molar-refractivity contribution in [2.24, 2.45) is 4.99 Å². The molecular formula is C19H21N5O2SU. The van der Waals surface area contributed by atoms with Crippen LogP contribution in [0.15, 0.2) is 46.0 Å². The summed E-state index contributed by atoms with van der Waals surface area (Å²) in [5.74, 6) is 0.730. The summed E-state index contributed by atoms with van der Waals surface area (Å²) in [6.45, 7) is 6.51. The molecule has 0 radical (unpaired) electrons. The molecule has 3 heterocycles. The minimum Gasteiger partial charge on any atom is -0.418 e. The van der Waals surface area contributed by atoms with E-state index in [0.29, 0.717) is 36.7 Å². The second kappa shape index (κ2) is 10.2. The van der Waals surface area contributed by atoms with Gasteiger partial charge in [0.25, 0.3) is 0 Å². The fourth-order valence-electron chi connectivity index (χ4n) is 3.10. The zero-order valence-electron chi connectivity index (χ0n) is 15.5. The number of benzene rings is 1. The molecule has 7 nitrogen and oxygen atoms in total. The van der Waals surface area contributed by atoms with Gasteiger partial charge in [0.2, 0.25) is 0 Å². The van der Waals surface area contributed by atoms with Crippen LogP contribution in [0.2, 0.25) is 0 Å². The van der Waals surface area contributed by atoms with E-state index in [1.54, 1.807) is 31.3 Å². The quantitative estimate of drug-likeness (QED) is 0.403. The van der Waals surface area contributed by atoms with Gasteiger partial charge in [0.05, 0.1) is 12.6 Å². The zero-order chi connectivity index (χ0) is 19.4. The minimum atomic E-state index is -0.551. The molecule has 1 unspecified atom stereocenters. The zero-order valence-corrected chi connectivity index (χ0v) is 20.5. The molecule has 2 aliphatic rings. The Morgan fingerprint density at radius 1 is 1.36 bits per heavy atom. The van der Waals surface area contributed by atoms with E-state index < -0.39 is 6.04 Å². The molecule has 9 heteroatoms.